The summed E-state index contributed by atoms with van der Waals surface area (Å²) in [6.45, 7) is 0.509. The molecule has 2 N–H and O–H groups in total. The van der Waals surface area contributed by atoms with Crippen LogP contribution >= 0.6 is 11.6 Å². The van der Waals surface area contributed by atoms with E-state index in [1.165, 1.54) is 11.1 Å². The van der Waals surface area contributed by atoms with Gasteiger partial charge in [0.25, 0.3) is 0 Å². The van der Waals surface area contributed by atoms with E-state index in [1.54, 1.807) is 12.1 Å². The maximum atomic E-state index is 10.9. The van der Waals surface area contributed by atoms with Crippen molar-refractivity contribution in [3.63, 3.8) is 0 Å². The van der Waals surface area contributed by atoms with Crippen LogP contribution in [0, 0.1) is 0 Å². The third kappa shape index (κ3) is 3.99. The predicted molar refractivity (Wildman–Crippen MR) is 92.1 cm³/mol. The maximum absolute atomic E-state index is 10.9. The van der Waals surface area contributed by atoms with Crippen LogP contribution in [-0.4, -0.2) is 24.0 Å². The third-order valence-electron chi connectivity index (χ3n) is 4.45. The van der Waals surface area contributed by atoms with E-state index in [-0.39, 0.29) is 0 Å². The molecule has 3 nitrogen and oxygen atoms in total. The fourth-order valence-corrected chi connectivity index (χ4v) is 3.23. The molecule has 0 heterocycles. The molecule has 1 aliphatic carbocycles. The molecule has 0 spiro atoms. The van der Waals surface area contributed by atoms with Crippen LogP contribution in [0.1, 0.15) is 39.6 Å². The number of nitrogens with one attached hydrogen (secondary N) is 1. The molecule has 2 aromatic carbocycles. The van der Waals surface area contributed by atoms with Crippen molar-refractivity contribution in [2.75, 3.05) is 6.54 Å². The van der Waals surface area contributed by atoms with Crippen molar-refractivity contribution in [3.8, 4) is 0 Å². The number of aryl methyl sites for hydroxylation is 1. The number of carbonyl (C=O) groups is 1. The molecule has 3 rings (SSSR count). The van der Waals surface area contributed by atoms with Crippen LogP contribution in [0.25, 0.3) is 0 Å². The number of aliphatic hydroxyl groups is 1. The van der Waals surface area contributed by atoms with Gasteiger partial charge in [-0.3, -0.25) is 4.79 Å². The van der Waals surface area contributed by atoms with Crippen molar-refractivity contribution in [2.24, 2.45) is 0 Å². The Kier molecular flexibility index (Phi) is 5.11. The van der Waals surface area contributed by atoms with E-state index >= 15 is 0 Å². The second-order valence-electron chi connectivity index (χ2n) is 6.06. The molecule has 23 heavy (non-hydrogen) atoms. The molecular weight excluding hydrogens is 310 g/mol. The summed E-state index contributed by atoms with van der Waals surface area (Å²) >= 11 is 5.87. The molecule has 0 saturated carbocycles. The Morgan fingerprint density at radius 2 is 2.00 bits per heavy atom. The smallest absolute Gasteiger partial charge is 0.150 e. The zero-order valence-corrected chi connectivity index (χ0v) is 13.6. The number of fused-ring (bicyclic) bond motifs is 1. The normalized spacial score (nSPS) is 18.3. The molecule has 0 fully saturated rings. The Balaban J connectivity index is 1.59. The predicted octanol–water partition coefficient (Wildman–Crippen LogP) is 3.33. The minimum absolute atomic E-state index is 0.325. The van der Waals surface area contributed by atoms with E-state index in [4.69, 9.17) is 11.6 Å². The number of aldehydes is 1. The number of benzene rings is 2. The summed E-state index contributed by atoms with van der Waals surface area (Å²) in [5, 5.41) is 14.4. The Morgan fingerprint density at radius 3 is 2.74 bits per heavy atom. The summed E-state index contributed by atoms with van der Waals surface area (Å²) in [6.07, 6.45) is 3.28. The van der Waals surface area contributed by atoms with E-state index in [9.17, 15) is 9.90 Å². The van der Waals surface area contributed by atoms with Gasteiger partial charge in [0.15, 0.2) is 0 Å². The summed E-state index contributed by atoms with van der Waals surface area (Å²) in [4.78, 5) is 10.9. The summed E-state index contributed by atoms with van der Waals surface area (Å²) < 4.78 is 0. The SMILES string of the molecule is O=Cc1ccc2c(c1)C[C@@H](NC[C@H](O)c1ccc(Cl)cc1)CC2. The van der Waals surface area contributed by atoms with Gasteiger partial charge in [0, 0.05) is 23.2 Å². The molecule has 0 aromatic heterocycles. The Hall–Kier alpha value is -1.68. The lowest BCUT2D eigenvalue weighted by molar-refractivity contribution is 0.112. The standard InChI is InChI=1S/C19H20ClNO2/c20-17-6-3-15(4-7-17)19(23)11-21-18-8-5-14-2-1-13(12-22)9-16(14)10-18/h1-4,6-7,9,12,18-19,21,23H,5,8,10-11H2/t18-,19-/m0/s1. The summed E-state index contributed by atoms with van der Waals surface area (Å²) in [5.41, 5.74) is 4.15. The Morgan fingerprint density at radius 1 is 1.22 bits per heavy atom. The molecule has 1 aliphatic rings. The zero-order chi connectivity index (χ0) is 16.2. The third-order valence-corrected chi connectivity index (χ3v) is 4.70. The van der Waals surface area contributed by atoms with Gasteiger partial charge in [-0.1, -0.05) is 35.9 Å². The van der Waals surface area contributed by atoms with Crippen LogP contribution in [0.5, 0.6) is 0 Å². The fourth-order valence-electron chi connectivity index (χ4n) is 3.11. The Bertz CT molecular complexity index is 684. The van der Waals surface area contributed by atoms with Crippen LogP contribution in [0.4, 0.5) is 0 Å². The van der Waals surface area contributed by atoms with E-state index in [0.717, 1.165) is 36.7 Å². The van der Waals surface area contributed by atoms with E-state index in [2.05, 4.69) is 11.4 Å². The average molecular weight is 330 g/mol. The van der Waals surface area contributed by atoms with Gasteiger partial charge in [0.1, 0.15) is 6.29 Å². The van der Waals surface area contributed by atoms with Gasteiger partial charge in [-0.05, 0) is 54.2 Å². The first kappa shape index (κ1) is 16.2. The lowest BCUT2D eigenvalue weighted by Gasteiger charge is -2.27. The van der Waals surface area contributed by atoms with Crippen LogP contribution in [0.3, 0.4) is 0 Å². The van der Waals surface area contributed by atoms with Gasteiger partial charge in [0.2, 0.25) is 0 Å². The first-order chi connectivity index (χ1) is 11.2. The number of hydrogen-bond acceptors (Lipinski definition) is 3. The molecular formula is C19H20ClNO2. The van der Waals surface area contributed by atoms with Crippen LogP contribution < -0.4 is 5.32 Å². The molecule has 2 atom stereocenters. The number of rotatable bonds is 5. The molecule has 4 heteroatoms. The second-order valence-corrected chi connectivity index (χ2v) is 6.50. The maximum Gasteiger partial charge on any atom is 0.150 e. The van der Waals surface area contributed by atoms with Crippen molar-refractivity contribution in [1.82, 2.24) is 5.32 Å². The summed E-state index contributed by atoms with van der Waals surface area (Å²) in [5.74, 6) is 0. The lowest BCUT2D eigenvalue weighted by Crippen LogP contribution is -2.37. The van der Waals surface area contributed by atoms with Crippen molar-refractivity contribution in [3.05, 3.63) is 69.7 Å². The number of aliphatic hydroxyl groups excluding tert-OH is 1. The molecule has 0 unspecified atom stereocenters. The van der Waals surface area contributed by atoms with Crippen molar-refractivity contribution in [1.29, 1.82) is 0 Å². The summed E-state index contributed by atoms with van der Waals surface area (Å²) in [6, 6.07) is 13.5. The summed E-state index contributed by atoms with van der Waals surface area (Å²) in [7, 11) is 0. The molecule has 0 radical (unpaired) electrons. The average Bonchev–Trinajstić information content (AvgIpc) is 2.59. The van der Waals surface area contributed by atoms with Gasteiger partial charge >= 0.3 is 0 Å². The number of hydrogen-bond donors (Lipinski definition) is 2. The molecule has 0 aliphatic heterocycles. The van der Waals surface area contributed by atoms with Crippen molar-refractivity contribution < 1.29 is 9.90 Å². The minimum Gasteiger partial charge on any atom is -0.387 e. The van der Waals surface area contributed by atoms with Crippen LogP contribution in [0.2, 0.25) is 5.02 Å². The van der Waals surface area contributed by atoms with Crippen molar-refractivity contribution >= 4 is 17.9 Å². The largest absolute Gasteiger partial charge is 0.387 e. The topological polar surface area (TPSA) is 49.3 Å². The molecule has 0 saturated heterocycles. The first-order valence-electron chi connectivity index (χ1n) is 7.89. The highest BCUT2D eigenvalue weighted by Gasteiger charge is 2.19. The van der Waals surface area contributed by atoms with E-state index < -0.39 is 6.10 Å². The van der Waals surface area contributed by atoms with Gasteiger partial charge in [-0.25, -0.2) is 0 Å². The molecule has 120 valence electrons. The quantitative estimate of drug-likeness (QED) is 0.827. The van der Waals surface area contributed by atoms with Crippen LogP contribution in [0.15, 0.2) is 42.5 Å². The van der Waals surface area contributed by atoms with Gasteiger partial charge in [-0.2, -0.15) is 0 Å². The van der Waals surface area contributed by atoms with E-state index in [1.807, 2.05) is 24.3 Å². The highest BCUT2D eigenvalue weighted by atomic mass is 35.5. The van der Waals surface area contributed by atoms with E-state index in [0.29, 0.717) is 17.6 Å². The highest BCUT2D eigenvalue weighted by molar-refractivity contribution is 6.30. The molecule has 0 bridgehead atoms. The number of halogens is 1. The van der Waals surface area contributed by atoms with Gasteiger partial charge in [-0.15, -0.1) is 0 Å². The van der Waals surface area contributed by atoms with Gasteiger partial charge in [0.05, 0.1) is 6.10 Å². The fraction of sp³-hybridized carbons (Fsp3) is 0.316. The Labute approximate surface area is 141 Å². The van der Waals surface area contributed by atoms with Crippen LogP contribution in [-0.2, 0) is 12.8 Å². The highest BCUT2D eigenvalue weighted by Crippen LogP contribution is 2.23. The molecule has 2 aromatic rings. The van der Waals surface area contributed by atoms with Gasteiger partial charge < -0.3 is 10.4 Å². The second kappa shape index (κ2) is 7.26. The monoisotopic (exact) mass is 329 g/mol. The lowest BCUT2D eigenvalue weighted by atomic mass is 9.87. The zero-order valence-electron chi connectivity index (χ0n) is 12.8. The minimum atomic E-state index is -0.546. The number of carbonyl (C=O) groups excluding carboxylic acids is 1. The van der Waals surface area contributed by atoms with Crippen molar-refractivity contribution in [2.45, 2.75) is 31.4 Å². The first-order valence-corrected chi connectivity index (χ1v) is 8.27. The molecule has 0 amide bonds.